The Morgan fingerprint density at radius 3 is 1.67 bits per heavy atom. The van der Waals surface area contributed by atoms with Gasteiger partial charge in [-0.3, -0.25) is 0 Å². The Morgan fingerprint density at radius 2 is 1.44 bits per heavy atom. The normalized spacial score (nSPS) is 10.7. The van der Waals surface area contributed by atoms with Gasteiger partial charge in [0.15, 0.2) is 0 Å². The van der Waals surface area contributed by atoms with Gasteiger partial charge in [0.1, 0.15) is 0 Å². The lowest BCUT2D eigenvalue weighted by Crippen LogP contribution is -2.17. The Balaban J connectivity index is 3.18. The van der Waals surface area contributed by atoms with E-state index in [9.17, 15) is 0 Å². The summed E-state index contributed by atoms with van der Waals surface area (Å²) in [5.74, 6) is 1.24. The molecule has 0 atom stereocenters. The van der Waals surface area contributed by atoms with Crippen molar-refractivity contribution >= 4 is 23.5 Å². The zero-order chi connectivity index (χ0) is 7.11. The Labute approximate surface area is 64.1 Å². The van der Waals surface area contributed by atoms with Crippen LogP contribution in [-0.2, 0) is 0 Å². The second-order valence-electron chi connectivity index (χ2n) is 1.33. The van der Waals surface area contributed by atoms with Crippen LogP contribution in [0.4, 0.5) is 0 Å². The average Bonchev–Trinajstić information content (AvgIpc) is 1.88. The molecule has 0 spiro atoms. The minimum Gasteiger partial charge on any atom is -0.329 e. The average molecular weight is 167 g/mol. The summed E-state index contributed by atoms with van der Waals surface area (Å²) in [4.78, 5) is 0. The molecule has 0 saturated carbocycles. The van der Waals surface area contributed by atoms with Gasteiger partial charge in [0.05, 0.1) is 4.58 Å². The summed E-state index contributed by atoms with van der Waals surface area (Å²) in [5, 5.41) is 0. The molecule has 0 aliphatic carbocycles. The van der Waals surface area contributed by atoms with Crippen molar-refractivity contribution in [2.75, 3.05) is 18.3 Å². The molecule has 0 saturated heterocycles. The fourth-order valence-electron chi connectivity index (χ4n) is 0.399. The molecule has 0 aromatic rings. The largest absolute Gasteiger partial charge is 0.329 e. The van der Waals surface area contributed by atoms with E-state index in [1.807, 2.05) is 0 Å². The van der Waals surface area contributed by atoms with E-state index >= 15 is 0 Å². The highest BCUT2D eigenvalue weighted by Gasteiger charge is 2.03. The monoisotopic (exact) mass is 167 g/mol. The first-order chi connectivity index (χ1) is 4.35. The predicted octanol–water partition coefficient (Wildman–Crippen LogP) is -0.430. The summed E-state index contributed by atoms with van der Waals surface area (Å²) in [6.45, 7) is 0.643. The van der Waals surface area contributed by atoms with Crippen molar-refractivity contribution in [1.82, 2.24) is 0 Å². The van der Waals surface area contributed by atoms with Gasteiger partial charge in [-0.2, -0.15) is 0 Å². The molecule has 0 aromatic carbocycles. The molecule has 56 valence electrons. The minimum absolute atomic E-state index is 0.375. The summed E-state index contributed by atoms with van der Waals surface area (Å²) in [5.41, 5.74) is 16.0. The van der Waals surface area contributed by atoms with Crippen LogP contribution in [0.5, 0.6) is 0 Å². The maximum atomic E-state index is 5.39. The van der Waals surface area contributed by atoms with Gasteiger partial charge in [-0.1, -0.05) is 0 Å². The zero-order valence-electron chi connectivity index (χ0n) is 5.25. The van der Waals surface area contributed by atoms with Crippen molar-refractivity contribution in [3.63, 3.8) is 0 Å². The van der Waals surface area contributed by atoms with Crippen molar-refractivity contribution in [2.45, 2.75) is 4.58 Å². The highest BCUT2D eigenvalue weighted by molar-refractivity contribution is 8.17. The van der Waals surface area contributed by atoms with Crippen molar-refractivity contribution in [2.24, 2.45) is 17.2 Å². The predicted molar refractivity (Wildman–Crippen MR) is 46.1 cm³/mol. The third-order valence-electron chi connectivity index (χ3n) is 0.757. The number of rotatable bonds is 5. The van der Waals surface area contributed by atoms with Gasteiger partial charge in [0, 0.05) is 18.3 Å². The summed E-state index contributed by atoms with van der Waals surface area (Å²) >= 11 is 3.27. The topological polar surface area (TPSA) is 78.1 Å². The molecule has 5 heteroatoms. The zero-order valence-corrected chi connectivity index (χ0v) is 6.88. The highest BCUT2D eigenvalue weighted by Crippen LogP contribution is 2.18. The Bertz CT molecular complexity index is 55.8. The molecule has 0 aliphatic heterocycles. The Kier molecular flexibility index (Phi) is 7.13. The molecule has 6 N–H and O–H groups in total. The van der Waals surface area contributed by atoms with Crippen molar-refractivity contribution in [3.8, 4) is 0 Å². The SMILES string of the molecule is NCSC(CN)SCN. The first-order valence-corrected chi connectivity index (χ1v) is 4.78. The third kappa shape index (κ3) is 5.05. The second kappa shape index (κ2) is 6.70. The van der Waals surface area contributed by atoms with E-state index in [2.05, 4.69) is 0 Å². The second-order valence-corrected chi connectivity index (χ2v) is 4.10. The molecule has 0 aliphatic rings. The molecular weight excluding hydrogens is 154 g/mol. The van der Waals surface area contributed by atoms with Crippen molar-refractivity contribution in [3.05, 3.63) is 0 Å². The maximum Gasteiger partial charge on any atom is 0.0650 e. The van der Waals surface area contributed by atoms with Gasteiger partial charge in [-0.05, 0) is 0 Å². The van der Waals surface area contributed by atoms with Crippen LogP contribution >= 0.6 is 23.5 Å². The number of hydrogen-bond donors (Lipinski definition) is 3. The molecular formula is C4H13N3S2. The first kappa shape index (κ1) is 9.58. The molecule has 3 nitrogen and oxygen atoms in total. The lowest BCUT2D eigenvalue weighted by Gasteiger charge is -2.09. The van der Waals surface area contributed by atoms with E-state index < -0.39 is 0 Å². The van der Waals surface area contributed by atoms with Crippen LogP contribution < -0.4 is 17.2 Å². The van der Waals surface area contributed by atoms with Crippen molar-refractivity contribution < 1.29 is 0 Å². The highest BCUT2D eigenvalue weighted by atomic mass is 32.2. The van der Waals surface area contributed by atoms with E-state index in [4.69, 9.17) is 17.2 Å². The smallest absolute Gasteiger partial charge is 0.0650 e. The van der Waals surface area contributed by atoms with Crippen LogP contribution in [-0.4, -0.2) is 22.9 Å². The first-order valence-electron chi connectivity index (χ1n) is 2.68. The fraction of sp³-hybridized carbons (Fsp3) is 1.00. The van der Waals surface area contributed by atoms with Gasteiger partial charge in [-0.25, -0.2) is 0 Å². The van der Waals surface area contributed by atoms with Crippen LogP contribution in [0.2, 0.25) is 0 Å². The van der Waals surface area contributed by atoms with Crippen LogP contribution in [0.1, 0.15) is 0 Å². The van der Waals surface area contributed by atoms with Gasteiger partial charge >= 0.3 is 0 Å². The van der Waals surface area contributed by atoms with Crippen LogP contribution in [0.25, 0.3) is 0 Å². The van der Waals surface area contributed by atoms with Gasteiger partial charge in [0.2, 0.25) is 0 Å². The molecule has 0 aromatic heterocycles. The molecule has 0 amide bonds. The minimum atomic E-state index is 0.375. The van der Waals surface area contributed by atoms with E-state index in [1.54, 1.807) is 23.5 Å². The summed E-state index contributed by atoms with van der Waals surface area (Å²) in [6.07, 6.45) is 0. The van der Waals surface area contributed by atoms with Crippen LogP contribution in [0.3, 0.4) is 0 Å². The number of thioether (sulfide) groups is 2. The third-order valence-corrected chi connectivity index (χ3v) is 3.09. The summed E-state index contributed by atoms with van der Waals surface area (Å²) in [6, 6.07) is 0. The molecule has 0 rings (SSSR count). The molecule has 0 unspecified atom stereocenters. The summed E-state index contributed by atoms with van der Waals surface area (Å²) in [7, 11) is 0. The molecule has 9 heavy (non-hydrogen) atoms. The van der Waals surface area contributed by atoms with E-state index in [0.29, 0.717) is 22.9 Å². The van der Waals surface area contributed by atoms with Gasteiger partial charge < -0.3 is 17.2 Å². The molecule has 0 fully saturated rings. The van der Waals surface area contributed by atoms with Gasteiger partial charge in [0.25, 0.3) is 0 Å². The van der Waals surface area contributed by atoms with E-state index in [0.717, 1.165) is 0 Å². The van der Waals surface area contributed by atoms with Crippen molar-refractivity contribution in [1.29, 1.82) is 0 Å². The van der Waals surface area contributed by atoms with E-state index in [-0.39, 0.29) is 0 Å². The van der Waals surface area contributed by atoms with Crippen LogP contribution in [0.15, 0.2) is 0 Å². The number of hydrogen-bond acceptors (Lipinski definition) is 5. The quantitative estimate of drug-likeness (QED) is 0.484. The fourth-order valence-corrected chi connectivity index (χ4v) is 1.96. The van der Waals surface area contributed by atoms with Crippen LogP contribution in [0, 0.1) is 0 Å². The maximum absolute atomic E-state index is 5.39. The Hall–Kier alpha value is 0.580. The number of nitrogens with two attached hydrogens (primary N) is 3. The summed E-state index contributed by atoms with van der Waals surface area (Å²) < 4.78 is 0.375. The molecule has 0 bridgehead atoms. The Morgan fingerprint density at radius 1 is 1.00 bits per heavy atom. The standard InChI is InChI=1S/C4H13N3S2/c5-1-4(8-2-6)9-3-7/h4H,1-3,5-7H2. The van der Waals surface area contributed by atoms with Gasteiger partial charge in [-0.15, -0.1) is 23.5 Å². The lowest BCUT2D eigenvalue weighted by molar-refractivity contribution is 1.10. The lowest BCUT2D eigenvalue weighted by atomic mass is 10.8. The molecule has 0 radical (unpaired) electrons. The van der Waals surface area contributed by atoms with E-state index in [1.165, 1.54) is 0 Å². The molecule has 0 heterocycles.